The van der Waals surface area contributed by atoms with E-state index < -0.39 is 0 Å². The predicted molar refractivity (Wildman–Crippen MR) is 61.5 cm³/mol. The maximum absolute atomic E-state index is 11.6. The molecule has 1 aromatic rings. The van der Waals surface area contributed by atoms with Crippen LogP contribution in [-0.2, 0) is 12.8 Å². The lowest BCUT2D eigenvalue weighted by Crippen LogP contribution is -2.25. The van der Waals surface area contributed by atoms with Crippen LogP contribution in [0.3, 0.4) is 0 Å². The number of carbonyl (C=O) groups excluding carboxylic acids is 1. The highest BCUT2D eigenvalue weighted by molar-refractivity contribution is 6.18. The van der Waals surface area contributed by atoms with Gasteiger partial charge in [0.1, 0.15) is 0 Å². The number of hydrogen-bond donors (Lipinski definition) is 1. The van der Waals surface area contributed by atoms with E-state index in [4.69, 9.17) is 11.6 Å². The normalized spacial score (nSPS) is 13.7. The number of fused-ring (bicyclic) bond motifs is 1. The van der Waals surface area contributed by atoms with Crippen molar-refractivity contribution in [2.24, 2.45) is 0 Å². The summed E-state index contributed by atoms with van der Waals surface area (Å²) >= 11 is 5.51. The Kier molecular flexibility index (Phi) is 3.27. The molecule has 1 N–H and O–H groups in total. The van der Waals surface area contributed by atoms with Crippen LogP contribution in [0.4, 0.5) is 0 Å². The second kappa shape index (κ2) is 4.67. The Morgan fingerprint density at radius 1 is 1.33 bits per heavy atom. The fourth-order valence-electron chi connectivity index (χ4n) is 1.98. The third-order valence-electron chi connectivity index (χ3n) is 2.74. The number of rotatable bonds is 3. The standard InChI is InChI=1S/C12H14ClNO/c13-6-7-14-12(15)11-5-4-9-2-1-3-10(9)8-11/h4-5,8H,1-3,6-7H2,(H,14,15). The lowest BCUT2D eigenvalue weighted by molar-refractivity contribution is 0.0956. The van der Waals surface area contributed by atoms with Gasteiger partial charge in [0.05, 0.1) is 0 Å². The van der Waals surface area contributed by atoms with Crippen molar-refractivity contribution in [1.82, 2.24) is 5.32 Å². The van der Waals surface area contributed by atoms with Crippen molar-refractivity contribution < 1.29 is 4.79 Å². The highest BCUT2D eigenvalue weighted by Crippen LogP contribution is 2.22. The summed E-state index contributed by atoms with van der Waals surface area (Å²) in [6.45, 7) is 0.525. The molecule has 0 spiro atoms. The Morgan fingerprint density at radius 2 is 2.13 bits per heavy atom. The summed E-state index contributed by atoms with van der Waals surface area (Å²) in [4.78, 5) is 11.6. The fourth-order valence-corrected chi connectivity index (χ4v) is 2.07. The number of amides is 1. The fraction of sp³-hybridized carbons (Fsp3) is 0.417. The lowest BCUT2D eigenvalue weighted by Gasteiger charge is -2.05. The molecular weight excluding hydrogens is 210 g/mol. The van der Waals surface area contributed by atoms with Gasteiger partial charge in [0.2, 0.25) is 0 Å². The van der Waals surface area contributed by atoms with Gasteiger partial charge in [-0.2, -0.15) is 0 Å². The van der Waals surface area contributed by atoms with Gasteiger partial charge in [0, 0.05) is 18.0 Å². The van der Waals surface area contributed by atoms with Crippen LogP contribution in [0.5, 0.6) is 0 Å². The molecule has 80 valence electrons. The van der Waals surface area contributed by atoms with Crippen LogP contribution in [-0.4, -0.2) is 18.3 Å². The van der Waals surface area contributed by atoms with Crippen molar-refractivity contribution in [3.63, 3.8) is 0 Å². The minimum Gasteiger partial charge on any atom is -0.351 e. The zero-order valence-corrected chi connectivity index (χ0v) is 9.31. The van der Waals surface area contributed by atoms with Gasteiger partial charge < -0.3 is 5.32 Å². The first-order chi connectivity index (χ1) is 7.31. The number of carbonyl (C=O) groups is 1. The van der Waals surface area contributed by atoms with Gasteiger partial charge >= 0.3 is 0 Å². The second-order valence-electron chi connectivity index (χ2n) is 3.78. The largest absolute Gasteiger partial charge is 0.351 e. The predicted octanol–water partition coefficient (Wildman–Crippen LogP) is 2.14. The third-order valence-corrected chi connectivity index (χ3v) is 2.93. The first-order valence-corrected chi connectivity index (χ1v) is 5.80. The number of hydrogen-bond acceptors (Lipinski definition) is 1. The zero-order valence-electron chi connectivity index (χ0n) is 8.55. The van der Waals surface area contributed by atoms with Crippen LogP contribution in [0.15, 0.2) is 18.2 Å². The molecule has 1 aromatic carbocycles. The Labute approximate surface area is 94.6 Å². The van der Waals surface area contributed by atoms with Crippen LogP contribution in [0.1, 0.15) is 27.9 Å². The Hall–Kier alpha value is -1.02. The molecule has 0 atom stereocenters. The smallest absolute Gasteiger partial charge is 0.251 e. The van der Waals surface area contributed by atoms with Gasteiger partial charge in [-0.25, -0.2) is 0 Å². The minimum absolute atomic E-state index is 0.0228. The van der Waals surface area contributed by atoms with Crippen LogP contribution in [0, 0.1) is 0 Å². The summed E-state index contributed by atoms with van der Waals surface area (Å²) in [5.74, 6) is 0.432. The Morgan fingerprint density at radius 3 is 2.93 bits per heavy atom. The molecule has 0 unspecified atom stereocenters. The Bertz CT molecular complexity index is 376. The van der Waals surface area contributed by atoms with Gasteiger partial charge in [-0.05, 0) is 42.5 Å². The maximum atomic E-state index is 11.6. The van der Waals surface area contributed by atoms with E-state index in [1.807, 2.05) is 12.1 Å². The first kappa shape index (κ1) is 10.5. The van der Waals surface area contributed by atoms with Gasteiger partial charge in [0.25, 0.3) is 5.91 Å². The van der Waals surface area contributed by atoms with Gasteiger partial charge in [-0.1, -0.05) is 6.07 Å². The van der Waals surface area contributed by atoms with E-state index in [9.17, 15) is 4.79 Å². The minimum atomic E-state index is -0.0228. The average molecular weight is 224 g/mol. The first-order valence-electron chi connectivity index (χ1n) is 5.27. The topological polar surface area (TPSA) is 29.1 Å². The molecule has 1 aliphatic rings. The second-order valence-corrected chi connectivity index (χ2v) is 4.16. The van der Waals surface area contributed by atoms with E-state index >= 15 is 0 Å². The van der Waals surface area contributed by atoms with Crippen LogP contribution in [0.25, 0.3) is 0 Å². The van der Waals surface area contributed by atoms with Crippen molar-refractivity contribution in [2.45, 2.75) is 19.3 Å². The average Bonchev–Trinajstić information content (AvgIpc) is 2.72. The zero-order chi connectivity index (χ0) is 10.7. The van der Waals surface area contributed by atoms with Crippen molar-refractivity contribution in [1.29, 1.82) is 0 Å². The van der Waals surface area contributed by atoms with Gasteiger partial charge in [-0.3, -0.25) is 4.79 Å². The van der Waals surface area contributed by atoms with Crippen LogP contribution in [0.2, 0.25) is 0 Å². The molecule has 0 fully saturated rings. The van der Waals surface area contributed by atoms with E-state index in [0.717, 1.165) is 18.4 Å². The molecule has 0 heterocycles. The summed E-state index contributed by atoms with van der Waals surface area (Å²) in [6.07, 6.45) is 3.47. The number of nitrogens with one attached hydrogen (secondary N) is 1. The number of aryl methyl sites for hydroxylation is 2. The molecule has 0 bridgehead atoms. The molecule has 1 amide bonds. The molecule has 0 saturated heterocycles. The van der Waals surface area contributed by atoms with Crippen molar-refractivity contribution in [2.75, 3.05) is 12.4 Å². The van der Waals surface area contributed by atoms with Crippen LogP contribution < -0.4 is 5.32 Å². The SMILES string of the molecule is O=C(NCCCl)c1ccc2c(c1)CCC2. The summed E-state index contributed by atoms with van der Waals surface area (Å²) in [7, 11) is 0. The highest BCUT2D eigenvalue weighted by Gasteiger charge is 2.13. The van der Waals surface area contributed by atoms with Gasteiger partial charge in [-0.15, -0.1) is 11.6 Å². The van der Waals surface area contributed by atoms with E-state index in [1.165, 1.54) is 17.5 Å². The molecule has 3 heteroatoms. The molecule has 0 saturated carbocycles. The lowest BCUT2D eigenvalue weighted by atomic mass is 10.1. The molecular formula is C12H14ClNO. The van der Waals surface area contributed by atoms with Crippen molar-refractivity contribution >= 4 is 17.5 Å². The molecule has 15 heavy (non-hydrogen) atoms. The quantitative estimate of drug-likeness (QED) is 0.782. The summed E-state index contributed by atoms with van der Waals surface area (Å²) < 4.78 is 0. The number of benzene rings is 1. The highest BCUT2D eigenvalue weighted by atomic mass is 35.5. The monoisotopic (exact) mass is 223 g/mol. The number of alkyl halides is 1. The molecule has 0 aliphatic heterocycles. The van der Waals surface area contributed by atoms with Gasteiger partial charge in [0.15, 0.2) is 0 Å². The molecule has 2 rings (SSSR count). The molecule has 0 aromatic heterocycles. The third kappa shape index (κ3) is 2.32. The van der Waals surface area contributed by atoms with Crippen molar-refractivity contribution in [3.05, 3.63) is 34.9 Å². The number of halogens is 1. The molecule has 0 radical (unpaired) electrons. The summed E-state index contributed by atoms with van der Waals surface area (Å²) in [5.41, 5.74) is 3.47. The summed E-state index contributed by atoms with van der Waals surface area (Å²) in [6, 6.07) is 5.97. The van der Waals surface area contributed by atoms with Crippen molar-refractivity contribution in [3.8, 4) is 0 Å². The van der Waals surface area contributed by atoms with E-state index in [-0.39, 0.29) is 5.91 Å². The Balaban J connectivity index is 2.12. The van der Waals surface area contributed by atoms with Crippen LogP contribution >= 0.6 is 11.6 Å². The molecule has 1 aliphatic carbocycles. The van der Waals surface area contributed by atoms with E-state index in [2.05, 4.69) is 11.4 Å². The van der Waals surface area contributed by atoms with E-state index in [0.29, 0.717) is 12.4 Å². The van der Waals surface area contributed by atoms with E-state index in [1.54, 1.807) is 0 Å². The summed E-state index contributed by atoms with van der Waals surface area (Å²) in [5, 5.41) is 2.77. The maximum Gasteiger partial charge on any atom is 0.251 e. The molecule has 2 nitrogen and oxygen atoms in total.